The zero-order chi connectivity index (χ0) is 16.8. The van der Waals surface area contributed by atoms with Crippen molar-refractivity contribution in [1.82, 2.24) is 10.3 Å². The lowest BCUT2D eigenvalue weighted by molar-refractivity contribution is -0.121. The predicted molar refractivity (Wildman–Crippen MR) is 94.3 cm³/mol. The van der Waals surface area contributed by atoms with E-state index in [9.17, 15) is 4.79 Å². The summed E-state index contributed by atoms with van der Waals surface area (Å²) in [6.45, 7) is 1.76. The topological polar surface area (TPSA) is 54.5 Å². The summed E-state index contributed by atoms with van der Waals surface area (Å²) in [7, 11) is 1.65. The molecule has 3 rings (SSSR count). The molecule has 0 radical (unpaired) electrons. The minimum Gasteiger partial charge on any atom is -0.497 e. The fourth-order valence-corrected chi connectivity index (χ4v) is 2.98. The third-order valence-corrected chi connectivity index (χ3v) is 4.33. The van der Waals surface area contributed by atoms with Crippen LogP contribution in [0.3, 0.4) is 0 Å². The molecule has 2 heterocycles. The Hall–Kier alpha value is -2.56. The van der Waals surface area contributed by atoms with E-state index in [1.54, 1.807) is 13.3 Å². The predicted octanol–water partition coefficient (Wildman–Crippen LogP) is 2.42. The Labute approximate surface area is 142 Å². The Morgan fingerprint density at radius 3 is 2.83 bits per heavy atom. The standard InChI is InChI=1S/C19H23N3O2/c1-24-17-8-5-15(6-9-17)7-10-19(23)21-16-11-13-22(14-16)18-4-2-3-12-20-18/h2-6,8-9,12,16H,7,10-11,13-14H2,1H3,(H,21,23). The van der Waals surface area contributed by atoms with Crippen molar-refractivity contribution in [3.8, 4) is 5.75 Å². The van der Waals surface area contributed by atoms with Gasteiger partial charge >= 0.3 is 0 Å². The van der Waals surface area contributed by atoms with E-state index in [1.165, 1.54) is 0 Å². The van der Waals surface area contributed by atoms with E-state index in [2.05, 4.69) is 15.2 Å². The fourth-order valence-electron chi connectivity index (χ4n) is 2.98. The number of pyridine rings is 1. The Bertz CT molecular complexity index is 658. The number of benzene rings is 1. The Balaban J connectivity index is 1.44. The van der Waals surface area contributed by atoms with Gasteiger partial charge in [0.1, 0.15) is 11.6 Å². The maximum Gasteiger partial charge on any atom is 0.220 e. The van der Waals surface area contributed by atoms with Gasteiger partial charge in [-0.2, -0.15) is 0 Å². The Morgan fingerprint density at radius 1 is 1.29 bits per heavy atom. The summed E-state index contributed by atoms with van der Waals surface area (Å²) in [5, 5.41) is 3.14. The SMILES string of the molecule is COc1ccc(CCC(=O)NC2CCN(c3ccccn3)C2)cc1. The highest BCUT2D eigenvalue weighted by molar-refractivity contribution is 5.76. The molecule has 1 amide bonds. The number of carbonyl (C=O) groups excluding carboxylic acids is 1. The second-order valence-corrected chi connectivity index (χ2v) is 6.04. The van der Waals surface area contributed by atoms with Crippen LogP contribution in [0, 0.1) is 0 Å². The monoisotopic (exact) mass is 325 g/mol. The molecule has 1 saturated heterocycles. The highest BCUT2D eigenvalue weighted by Crippen LogP contribution is 2.17. The average Bonchev–Trinajstić information content (AvgIpc) is 3.09. The molecule has 1 fully saturated rings. The Morgan fingerprint density at radius 2 is 2.12 bits per heavy atom. The van der Waals surface area contributed by atoms with E-state index in [1.807, 2.05) is 42.5 Å². The number of methoxy groups -OCH3 is 1. The van der Waals surface area contributed by atoms with Gasteiger partial charge in [0, 0.05) is 31.7 Å². The third-order valence-electron chi connectivity index (χ3n) is 4.33. The van der Waals surface area contributed by atoms with Gasteiger partial charge in [-0.1, -0.05) is 18.2 Å². The minimum absolute atomic E-state index is 0.110. The van der Waals surface area contributed by atoms with Crippen LogP contribution in [0.15, 0.2) is 48.7 Å². The van der Waals surface area contributed by atoms with E-state index < -0.39 is 0 Å². The molecule has 0 spiro atoms. The quantitative estimate of drug-likeness (QED) is 0.886. The van der Waals surface area contributed by atoms with Crippen molar-refractivity contribution in [2.75, 3.05) is 25.1 Å². The average molecular weight is 325 g/mol. The number of ether oxygens (including phenoxy) is 1. The minimum atomic E-state index is 0.110. The lowest BCUT2D eigenvalue weighted by atomic mass is 10.1. The van der Waals surface area contributed by atoms with Crippen LogP contribution in [0.25, 0.3) is 0 Å². The molecular formula is C19H23N3O2. The van der Waals surface area contributed by atoms with Crippen molar-refractivity contribution in [3.63, 3.8) is 0 Å². The van der Waals surface area contributed by atoms with Crippen LogP contribution in [0.2, 0.25) is 0 Å². The van der Waals surface area contributed by atoms with Crippen LogP contribution < -0.4 is 15.0 Å². The van der Waals surface area contributed by atoms with Gasteiger partial charge in [0.05, 0.1) is 7.11 Å². The van der Waals surface area contributed by atoms with Gasteiger partial charge in [0.15, 0.2) is 0 Å². The molecule has 1 aromatic carbocycles. The first-order chi connectivity index (χ1) is 11.7. The van der Waals surface area contributed by atoms with Crippen LogP contribution in [0.5, 0.6) is 5.75 Å². The molecule has 1 aliphatic heterocycles. The normalized spacial score (nSPS) is 16.9. The summed E-state index contributed by atoms with van der Waals surface area (Å²) in [4.78, 5) is 18.8. The van der Waals surface area contributed by atoms with Crippen molar-refractivity contribution in [1.29, 1.82) is 0 Å². The van der Waals surface area contributed by atoms with E-state index in [0.29, 0.717) is 6.42 Å². The van der Waals surface area contributed by atoms with Gasteiger partial charge in [-0.25, -0.2) is 4.98 Å². The molecule has 1 aliphatic rings. The molecule has 5 nitrogen and oxygen atoms in total. The van der Waals surface area contributed by atoms with Gasteiger partial charge in [0.2, 0.25) is 5.91 Å². The van der Waals surface area contributed by atoms with Crippen LogP contribution in [0.4, 0.5) is 5.82 Å². The Kier molecular flexibility index (Phi) is 5.31. The van der Waals surface area contributed by atoms with Crippen molar-refractivity contribution >= 4 is 11.7 Å². The number of aromatic nitrogens is 1. The van der Waals surface area contributed by atoms with Gasteiger partial charge in [-0.3, -0.25) is 4.79 Å². The van der Waals surface area contributed by atoms with Gasteiger partial charge in [0.25, 0.3) is 0 Å². The maximum absolute atomic E-state index is 12.2. The van der Waals surface area contributed by atoms with Crippen molar-refractivity contribution in [2.45, 2.75) is 25.3 Å². The first-order valence-electron chi connectivity index (χ1n) is 8.33. The largest absolute Gasteiger partial charge is 0.497 e. The molecular weight excluding hydrogens is 302 g/mol. The highest BCUT2D eigenvalue weighted by Gasteiger charge is 2.24. The number of aryl methyl sites for hydroxylation is 1. The number of amides is 1. The number of carbonyl (C=O) groups is 1. The molecule has 1 N–H and O–H groups in total. The van der Waals surface area contributed by atoms with E-state index >= 15 is 0 Å². The summed E-state index contributed by atoms with van der Waals surface area (Å²) in [6.07, 6.45) is 4.01. The van der Waals surface area contributed by atoms with E-state index in [0.717, 1.165) is 43.1 Å². The van der Waals surface area contributed by atoms with Crippen molar-refractivity contribution < 1.29 is 9.53 Å². The van der Waals surface area contributed by atoms with Gasteiger partial charge < -0.3 is 15.0 Å². The first kappa shape index (κ1) is 16.3. The lowest BCUT2D eigenvalue weighted by Crippen LogP contribution is -2.37. The zero-order valence-electron chi connectivity index (χ0n) is 13.9. The van der Waals surface area contributed by atoms with Gasteiger partial charge in [-0.15, -0.1) is 0 Å². The highest BCUT2D eigenvalue weighted by atomic mass is 16.5. The number of nitrogens with zero attached hydrogens (tertiary/aromatic N) is 2. The summed E-state index contributed by atoms with van der Waals surface area (Å²) in [5.74, 6) is 1.93. The molecule has 5 heteroatoms. The first-order valence-corrected chi connectivity index (χ1v) is 8.33. The second-order valence-electron chi connectivity index (χ2n) is 6.04. The van der Waals surface area contributed by atoms with Gasteiger partial charge in [-0.05, 0) is 42.7 Å². The summed E-state index contributed by atoms with van der Waals surface area (Å²) >= 11 is 0. The van der Waals surface area contributed by atoms with Crippen LogP contribution in [-0.4, -0.2) is 37.1 Å². The molecule has 2 aromatic rings. The summed E-state index contributed by atoms with van der Waals surface area (Å²) in [6, 6.07) is 14.0. The molecule has 1 atom stereocenters. The summed E-state index contributed by atoms with van der Waals surface area (Å²) in [5.41, 5.74) is 1.15. The number of anilines is 1. The fraction of sp³-hybridized carbons (Fsp3) is 0.368. The molecule has 0 saturated carbocycles. The molecule has 24 heavy (non-hydrogen) atoms. The molecule has 126 valence electrons. The number of nitrogens with one attached hydrogen (secondary N) is 1. The summed E-state index contributed by atoms with van der Waals surface area (Å²) < 4.78 is 5.14. The smallest absolute Gasteiger partial charge is 0.220 e. The number of rotatable bonds is 6. The zero-order valence-corrected chi connectivity index (χ0v) is 13.9. The van der Waals surface area contributed by atoms with Crippen molar-refractivity contribution in [2.24, 2.45) is 0 Å². The second kappa shape index (κ2) is 7.81. The van der Waals surface area contributed by atoms with Crippen molar-refractivity contribution in [3.05, 3.63) is 54.2 Å². The van der Waals surface area contributed by atoms with Crippen LogP contribution in [0.1, 0.15) is 18.4 Å². The third kappa shape index (κ3) is 4.25. The number of hydrogen-bond donors (Lipinski definition) is 1. The van der Waals surface area contributed by atoms with Crippen LogP contribution >= 0.6 is 0 Å². The lowest BCUT2D eigenvalue weighted by Gasteiger charge is -2.17. The molecule has 0 aliphatic carbocycles. The molecule has 0 bridgehead atoms. The van der Waals surface area contributed by atoms with Crippen LogP contribution in [-0.2, 0) is 11.2 Å². The van der Waals surface area contributed by atoms with E-state index in [-0.39, 0.29) is 11.9 Å². The number of hydrogen-bond acceptors (Lipinski definition) is 4. The maximum atomic E-state index is 12.2. The molecule has 1 unspecified atom stereocenters. The molecule has 1 aromatic heterocycles. The van der Waals surface area contributed by atoms with E-state index in [4.69, 9.17) is 4.74 Å².